The Hall–Kier alpha value is -0.330. The topological polar surface area (TPSA) is 0 Å². The fourth-order valence-electron chi connectivity index (χ4n) is 4.71. The van der Waals surface area contributed by atoms with Crippen LogP contribution in [0.3, 0.4) is 0 Å². The first-order valence-electron chi connectivity index (χ1n) is 10.0. The van der Waals surface area contributed by atoms with E-state index < -0.39 is 0 Å². The Morgan fingerprint density at radius 1 is 0.773 bits per heavy atom. The van der Waals surface area contributed by atoms with Gasteiger partial charge in [-0.05, 0) is 55.8 Å². The Bertz CT molecular complexity index is 293. The Morgan fingerprint density at radius 3 is 1.77 bits per heavy atom. The van der Waals surface area contributed by atoms with Gasteiger partial charge in [0.15, 0.2) is 0 Å². The van der Waals surface area contributed by atoms with Gasteiger partial charge in [-0.25, -0.2) is 0 Å². The van der Waals surface area contributed by atoms with Crippen LogP contribution in [-0.4, -0.2) is 6.67 Å². The molecule has 0 atom stereocenters. The molecule has 1 heteroatoms. The first kappa shape index (κ1) is 18.0. The van der Waals surface area contributed by atoms with Crippen molar-refractivity contribution in [3.8, 4) is 0 Å². The molecule has 0 aromatic carbocycles. The van der Waals surface area contributed by atoms with E-state index in [2.05, 4.69) is 19.1 Å². The number of halogens is 1. The minimum absolute atomic E-state index is 0.202. The molecule has 2 saturated carbocycles. The molecule has 2 aliphatic carbocycles. The van der Waals surface area contributed by atoms with Gasteiger partial charge in [0.1, 0.15) is 0 Å². The summed E-state index contributed by atoms with van der Waals surface area (Å²) in [6.45, 7) is 2.13. The largest absolute Gasteiger partial charge is 0.251 e. The molecule has 0 aromatic rings. The highest BCUT2D eigenvalue weighted by molar-refractivity contribution is 4.91. The zero-order valence-electron chi connectivity index (χ0n) is 14.7. The minimum atomic E-state index is -0.202. The van der Waals surface area contributed by atoms with Crippen molar-refractivity contribution >= 4 is 0 Å². The van der Waals surface area contributed by atoms with Crippen LogP contribution in [-0.2, 0) is 0 Å². The molecule has 0 saturated heterocycles. The summed E-state index contributed by atoms with van der Waals surface area (Å²) in [6, 6.07) is 0. The summed E-state index contributed by atoms with van der Waals surface area (Å²) in [5.74, 6) is 3.81. The number of alkyl halides is 1. The zero-order chi connectivity index (χ0) is 15.6. The quantitative estimate of drug-likeness (QED) is 0.420. The maximum absolute atomic E-state index is 12.1. The van der Waals surface area contributed by atoms with Gasteiger partial charge in [0, 0.05) is 0 Å². The number of rotatable bonds is 8. The second-order valence-corrected chi connectivity index (χ2v) is 7.94. The van der Waals surface area contributed by atoms with E-state index in [1.165, 1.54) is 77.0 Å². The van der Waals surface area contributed by atoms with Gasteiger partial charge in [-0.3, -0.25) is 4.39 Å². The normalized spacial score (nSPS) is 33.4. The Balaban J connectivity index is 1.55. The van der Waals surface area contributed by atoms with Crippen LogP contribution in [0.15, 0.2) is 12.2 Å². The second kappa shape index (κ2) is 10.4. The van der Waals surface area contributed by atoms with Gasteiger partial charge in [-0.2, -0.15) is 0 Å². The Morgan fingerprint density at radius 2 is 1.27 bits per heavy atom. The van der Waals surface area contributed by atoms with Crippen molar-refractivity contribution in [1.82, 2.24) is 0 Å². The van der Waals surface area contributed by atoms with Crippen molar-refractivity contribution in [2.24, 2.45) is 23.7 Å². The summed E-state index contributed by atoms with van der Waals surface area (Å²) >= 11 is 0. The molecular formula is C21H37F. The van der Waals surface area contributed by atoms with E-state index in [0.717, 1.165) is 23.7 Å². The van der Waals surface area contributed by atoms with Crippen LogP contribution in [0, 0.1) is 23.7 Å². The van der Waals surface area contributed by atoms with E-state index in [9.17, 15) is 4.39 Å². The summed E-state index contributed by atoms with van der Waals surface area (Å²) in [7, 11) is 0. The summed E-state index contributed by atoms with van der Waals surface area (Å²) in [5.41, 5.74) is 0. The first-order chi connectivity index (χ1) is 10.8. The Labute approximate surface area is 138 Å². The molecule has 128 valence electrons. The van der Waals surface area contributed by atoms with Crippen LogP contribution in [0.5, 0.6) is 0 Å². The molecule has 2 aliphatic rings. The van der Waals surface area contributed by atoms with E-state index in [-0.39, 0.29) is 6.67 Å². The fourth-order valence-corrected chi connectivity index (χ4v) is 4.71. The average Bonchev–Trinajstić information content (AvgIpc) is 2.56. The zero-order valence-corrected chi connectivity index (χ0v) is 14.7. The van der Waals surface area contributed by atoms with E-state index >= 15 is 0 Å². The molecule has 0 spiro atoms. The molecule has 0 aliphatic heterocycles. The van der Waals surface area contributed by atoms with Crippen LogP contribution in [0.4, 0.5) is 4.39 Å². The highest BCUT2D eigenvalue weighted by Gasteiger charge is 2.23. The van der Waals surface area contributed by atoms with Gasteiger partial charge in [0.25, 0.3) is 0 Å². The average molecular weight is 309 g/mol. The van der Waals surface area contributed by atoms with E-state index in [4.69, 9.17) is 0 Å². The number of allylic oxidation sites excluding steroid dienone is 2. The van der Waals surface area contributed by atoms with E-state index in [1.807, 2.05) is 0 Å². The molecule has 0 heterocycles. The van der Waals surface area contributed by atoms with E-state index in [1.54, 1.807) is 0 Å². The van der Waals surface area contributed by atoms with Crippen molar-refractivity contribution in [3.05, 3.63) is 12.2 Å². The molecule has 0 nitrogen and oxygen atoms in total. The standard InChI is InChI=1S/C21H37F/c1-2-5-18-7-11-20(12-8-18)15-16-21-13-9-19(10-14-21)6-3-4-17-22/h3,6,18-21H,2,4-5,7-17H2,1H3/t18-,19-,20-,21-. The molecule has 0 aromatic heterocycles. The van der Waals surface area contributed by atoms with Gasteiger partial charge >= 0.3 is 0 Å². The second-order valence-electron chi connectivity index (χ2n) is 7.94. The van der Waals surface area contributed by atoms with Crippen molar-refractivity contribution < 1.29 is 4.39 Å². The lowest BCUT2D eigenvalue weighted by atomic mass is 9.75. The van der Waals surface area contributed by atoms with Crippen molar-refractivity contribution in [1.29, 1.82) is 0 Å². The highest BCUT2D eigenvalue weighted by Crippen LogP contribution is 2.37. The first-order valence-corrected chi connectivity index (χ1v) is 10.0. The third-order valence-corrected chi connectivity index (χ3v) is 6.22. The summed E-state index contributed by atoms with van der Waals surface area (Å²) in [5, 5.41) is 0. The van der Waals surface area contributed by atoms with Gasteiger partial charge in [0.05, 0.1) is 6.67 Å². The summed E-state index contributed by atoms with van der Waals surface area (Å²) < 4.78 is 12.1. The minimum Gasteiger partial charge on any atom is -0.251 e. The molecule has 0 unspecified atom stereocenters. The van der Waals surface area contributed by atoms with Crippen LogP contribution in [0.2, 0.25) is 0 Å². The van der Waals surface area contributed by atoms with Crippen LogP contribution in [0.25, 0.3) is 0 Å². The number of hydrogen-bond acceptors (Lipinski definition) is 0. The SMILES string of the molecule is CCC[C@H]1CC[C@H](CC[C@H]2CC[C@H](C=CCCF)CC2)CC1. The van der Waals surface area contributed by atoms with Crippen LogP contribution >= 0.6 is 0 Å². The summed E-state index contributed by atoms with van der Waals surface area (Å²) in [6.07, 6.45) is 22.3. The van der Waals surface area contributed by atoms with Gasteiger partial charge in [0.2, 0.25) is 0 Å². The van der Waals surface area contributed by atoms with Gasteiger partial charge < -0.3 is 0 Å². The Kier molecular flexibility index (Phi) is 8.55. The molecule has 2 rings (SSSR count). The molecule has 0 amide bonds. The van der Waals surface area contributed by atoms with Crippen LogP contribution < -0.4 is 0 Å². The van der Waals surface area contributed by atoms with Crippen molar-refractivity contribution in [3.63, 3.8) is 0 Å². The van der Waals surface area contributed by atoms with Gasteiger partial charge in [-0.15, -0.1) is 0 Å². The lowest BCUT2D eigenvalue weighted by molar-refractivity contribution is 0.221. The highest BCUT2D eigenvalue weighted by atomic mass is 19.1. The van der Waals surface area contributed by atoms with Crippen molar-refractivity contribution in [2.75, 3.05) is 6.67 Å². The van der Waals surface area contributed by atoms with Gasteiger partial charge in [-0.1, -0.05) is 70.4 Å². The van der Waals surface area contributed by atoms with Crippen molar-refractivity contribution in [2.45, 2.75) is 90.4 Å². The third kappa shape index (κ3) is 6.42. The van der Waals surface area contributed by atoms with Crippen LogP contribution in [0.1, 0.15) is 90.4 Å². The molecule has 2 fully saturated rings. The smallest absolute Gasteiger partial charge is 0.0928 e. The maximum atomic E-state index is 12.1. The summed E-state index contributed by atoms with van der Waals surface area (Å²) in [4.78, 5) is 0. The van der Waals surface area contributed by atoms with E-state index in [0.29, 0.717) is 6.42 Å². The molecule has 0 N–H and O–H groups in total. The lowest BCUT2D eigenvalue weighted by Crippen LogP contribution is -2.17. The molecular weight excluding hydrogens is 271 g/mol. The molecule has 0 bridgehead atoms. The predicted molar refractivity (Wildman–Crippen MR) is 94.8 cm³/mol. The maximum Gasteiger partial charge on any atom is 0.0928 e. The lowest BCUT2D eigenvalue weighted by Gasteiger charge is -2.31. The monoisotopic (exact) mass is 308 g/mol. The molecule has 22 heavy (non-hydrogen) atoms. The molecule has 0 radical (unpaired) electrons. The fraction of sp³-hybridized carbons (Fsp3) is 0.905. The number of hydrogen-bond donors (Lipinski definition) is 0. The third-order valence-electron chi connectivity index (χ3n) is 6.22. The predicted octanol–water partition coefficient (Wildman–Crippen LogP) is 7.10.